The van der Waals surface area contributed by atoms with Crippen molar-refractivity contribution in [3.63, 3.8) is 0 Å². The van der Waals surface area contributed by atoms with Gasteiger partial charge >= 0.3 is 0 Å². The molecule has 5 nitrogen and oxygen atoms in total. The van der Waals surface area contributed by atoms with E-state index in [9.17, 15) is 0 Å². The van der Waals surface area contributed by atoms with Gasteiger partial charge in [0.25, 0.3) is 0 Å². The third-order valence-electron chi connectivity index (χ3n) is 4.26. The number of benzene rings is 1. The molecule has 2 aromatic rings. The van der Waals surface area contributed by atoms with Gasteiger partial charge < -0.3 is 5.73 Å². The third-order valence-corrected chi connectivity index (χ3v) is 4.26. The van der Waals surface area contributed by atoms with Crippen molar-refractivity contribution < 1.29 is 0 Å². The Kier molecular flexibility index (Phi) is 5.94. The zero-order chi connectivity index (χ0) is 14.7. The Balaban J connectivity index is 0.00000176. The molecule has 1 aromatic heterocycles. The second-order valence-corrected chi connectivity index (χ2v) is 5.95. The zero-order valence-electron chi connectivity index (χ0n) is 12.9. The Morgan fingerprint density at radius 1 is 1.27 bits per heavy atom. The first-order chi connectivity index (χ1) is 10.3. The maximum atomic E-state index is 5.92. The molecule has 0 saturated carbocycles. The van der Waals surface area contributed by atoms with E-state index in [4.69, 9.17) is 5.73 Å². The smallest absolute Gasteiger partial charge is 0.0971 e. The van der Waals surface area contributed by atoms with Crippen LogP contribution < -0.4 is 5.73 Å². The molecule has 0 spiro atoms. The van der Waals surface area contributed by atoms with E-state index in [0.29, 0.717) is 6.04 Å². The van der Waals surface area contributed by atoms with E-state index in [-0.39, 0.29) is 12.4 Å². The van der Waals surface area contributed by atoms with Gasteiger partial charge in [0, 0.05) is 19.1 Å². The van der Waals surface area contributed by atoms with E-state index in [1.165, 1.54) is 12.8 Å². The SMILES string of the molecule is CC1CCN(Cc2cnn(-c3ccccc3)n2)C(CN)C1.Cl. The summed E-state index contributed by atoms with van der Waals surface area (Å²) in [5.41, 5.74) is 7.92. The lowest BCUT2D eigenvalue weighted by Gasteiger charge is -2.37. The van der Waals surface area contributed by atoms with Crippen LogP contribution in [-0.4, -0.2) is 39.0 Å². The highest BCUT2D eigenvalue weighted by Crippen LogP contribution is 2.23. The number of para-hydroxylation sites is 1. The molecule has 1 aliphatic heterocycles. The Hall–Kier alpha value is -1.43. The predicted octanol–water partition coefficient (Wildman–Crippen LogP) is 2.25. The molecule has 2 heterocycles. The van der Waals surface area contributed by atoms with Crippen LogP contribution >= 0.6 is 12.4 Å². The highest BCUT2D eigenvalue weighted by atomic mass is 35.5. The van der Waals surface area contributed by atoms with E-state index in [2.05, 4.69) is 22.0 Å². The maximum Gasteiger partial charge on any atom is 0.0971 e. The monoisotopic (exact) mass is 321 g/mol. The maximum absolute atomic E-state index is 5.92. The molecule has 3 rings (SSSR count). The van der Waals surface area contributed by atoms with Crippen LogP contribution in [0.1, 0.15) is 25.5 Å². The Bertz CT molecular complexity index is 571. The summed E-state index contributed by atoms with van der Waals surface area (Å²) in [6.45, 7) is 4.96. The van der Waals surface area contributed by atoms with Crippen molar-refractivity contribution >= 4 is 12.4 Å². The fourth-order valence-electron chi connectivity index (χ4n) is 3.01. The molecule has 2 atom stereocenters. The molecular weight excluding hydrogens is 298 g/mol. The summed E-state index contributed by atoms with van der Waals surface area (Å²) in [4.78, 5) is 4.14. The first-order valence-corrected chi connectivity index (χ1v) is 7.67. The molecule has 6 heteroatoms. The molecule has 1 aromatic carbocycles. The Morgan fingerprint density at radius 2 is 2.05 bits per heavy atom. The van der Waals surface area contributed by atoms with E-state index in [0.717, 1.165) is 36.9 Å². The molecule has 0 aliphatic carbocycles. The van der Waals surface area contributed by atoms with Crippen LogP contribution in [0.3, 0.4) is 0 Å². The van der Waals surface area contributed by atoms with Crippen molar-refractivity contribution in [1.82, 2.24) is 19.9 Å². The lowest BCUT2D eigenvalue weighted by atomic mass is 9.92. The summed E-state index contributed by atoms with van der Waals surface area (Å²) >= 11 is 0. The van der Waals surface area contributed by atoms with Crippen LogP contribution in [-0.2, 0) is 6.54 Å². The van der Waals surface area contributed by atoms with Crippen molar-refractivity contribution in [1.29, 1.82) is 0 Å². The summed E-state index contributed by atoms with van der Waals surface area (Å²) < 4.78 is 0. The van der Waals surface area contributed by atoms with Gasteiger partial charge in [-0.25, -0.2) is 0 Å². The van der Waals surface area contributed by atoms with Gasteiger partial charge in [-0.15, -0.1) is 12.4 Å². The van der Waals surface area contributed by atoms with Crippen molar-refractivity contribution in [3.8, 4) is 5.69 Å². The highest BCUT2D eigenvalue weighted by Gasteiger charge is 2.25. The number of hydrogen-bond donors (Lipinski definition) is 1. The van der Waals surface area contributed by atoms with Gasteiger partial charge in [-0.2, -0.15) is 15.0 Å². The summed E-state index contributed by atoms with van der Waals surface area (Å²) in [5.74, 6) is 0.773. The first kappa shape index (κ1) is 16.9. The molecule has 0 bridgehead atoms. The molecule has 120 valence electrons. The van der Waals surface area contributed by atoms with Crippen LogP contribution in [0.2, 0.25) is 0 Å². The highest BCUT2D eigenvalue weighted by molar-refractivity contribution is 5.85. The van der Waals surface area contributed by atoms with Gasteiger partial charge in [-0.3, -0.25) is 4.90 Å². The molecule has 0 amide bonds. The number of nitrogens with zero attached hydrogens (tertiary/aromatic N) is 4. The quantitative estimate of drug-likeness (QED) is 0.938. The van der Waals surface area contributed by atoms with Crippen molar-refractivity contribution in [2.75, 3.05) is 13.1 Å². The van der Waals surface area contributed by atoms with E-state index >= 15 is 0 Å². The number of nitrogens with two attached hydrogens (primary N) is 1. The summed E-state index contributed by atoms with van der Waals surface area (Å²) in [6, 6.07) is 10.5. The van der Waals surface area contributed by atoms with Crippen LogP contribution in [0.5, 0.6) is 0 Å². The fraction of sp³-hybridized carbons (Fsp3) is 0.500. The lowest BCUT2D eigenvalue weighted by molar-refractivity contribution is 0.113. The molecule has 2 N–H and O–H groups in total. The zero-order valence-corrected chi connectivity index (χ0v) is 13.7. The van der Waals surface area contributed by atoms with E-state index in [1.807, 2.05) is 36.5 Å². The van der Waals surface area contributed by atoms with Gasteiger partial charge in [-0.05, 0) is 37.4 Å². The van der Waals surface area contributed by atoms with Gasteiger partial charge in [-0.1, -0.05) is 25.1 Å². The molecule has 0 radical (unpaired) electrons. The molecule has 2 unspecified atom stereocenters. The van der Waals surface area contributed by atoms with Gasteiger partial charge in [0.05, 0.1) is 17.6 Å². The van der Waals surface area contributed by atoms with Gasteiger partial charge in [0.2, 0.25) is 0 Å². The number of piperidine rings is 1. The Morgan fingerprint density at radius 3 is 2.77 bits per heavy atom. The fourth-order valence-corrected chi connectivity index (χ4v) is 3.01. The van der Waals surface area contributed by atoms with Gasteiger partial charge in [0.15, 0.2) is 0 Å². The summed E-state index contributed by atoms with van der Waals surface area (Å²) in [7, 11) is 0. The first-order valence-electron chi connectivity index (χ1n) is 7.67. The summed E-state index contributed by atoms with van der Waals surface area (Å²) in [5, 5.41) is 8.95. The third kappa shape index (κ3) is 3.85. The number of likely N-dealkylation sites (tertiary alicyclic amines) is 1. The predicted molar refractivity (Wildman–Crippen MR) is 90.3 cm³/mol. The van der Waals surface area contributed by atoms with Crippen LogP contribution in [0.15, 0.2) is 36.5 Å². The molecule has 22 heavy (non-hydrogen) atoms. The van der Waals surface area contributed by atoms with Crippen LogP contribution in [0.25, 0.3) is 5.69 Å². The minimum Gasteiger partial charge on any atom is -0.329 e. The molecule has 1 saturated heterocycles. The second-order valence-electron chi connectivity index (χ2n) is 5.95. The van der Waals surface area contributed by atoms with E-state index in [1.54, 1.807) is 4.80 Å². The minimum atomic E-state index is 0. The largest absolute Gasteiger partial charge is 0.329 e. The van der Waals surface area contributed by atoms with Crippen LogP contribution in [0.4, 0.5) is 0 Å². The normalized spacial score (nSPS) is 22.3. The standard InChI is InChI=1S/C16H23N5.ClH/c1-13-7-8-20(16(9-13)10-17)12-14-11-18-21(19-14)15-5-3-2-4-6-15;/h2-6,11,13,16H,7-10,12,17H2,1H3;1H. The number of aromatic nitrogens is 3. The molecule has 1 fully saturated rings. The van der Waals surface area contributed by atoms with Crippen molar-refractivity contribution in [2.24, 2.45) is 11.7 Å². The van der Waals surface area contributed by atoms with Crippen molar-refractivity contribution in [3.05, 3.63) is 42.2 Å². The minimum absolute atomic E-state index is 0. The number of hydrogen-bond acceptors (Lipinski definition) is 4. The molecular formula is C16H24ClN5. The second kappa shape index (κ2) is 7.72. The van der Waals surface area contributed by atoms with E-state index < -0.39 is 0 Å². The van der Waals surface area contributed by atoms with Crippen LogP contribution in [0, 0.1) is 5.92 Å². The lowest BCUT2D eigenvalue weighted by Crippen LogP contribution is -2.45. The summed E-state index contributed by atoms with van der Waals surface area (Å²) in [6.07, 6.45) is 4.28. The number of halogens is 1. The van der Waals surface area contributed by atoms with Gasteiger partial charge in [0.1, 0.15) is 0 Å². The Labute approximate surface area is 137 Å². The molecule has 1 aliphatic rings. The number of rotatable bonds is 4. The van der Waals surface area contributed by atoms with Crippen molar-refractivity contribution in [2.45, 2.75) is 32.4 Å². The average molecular weight is 322 g/mol. The topological polar surface area (TPSA) is 60.0 Å². The average Bonchev–Trinajstić information content (AvgIpc) is 2.98.